The molecule has 0 radical (unpaired) electrons. The molecule has 0 spiro atoms. The average Bonchev–Trinajstić information content (AvgIpc) is 2.96. The zero-order valence-corrected chi connectivity index (χ0v) is 11.1. The Morgan fingerprint density at radius 2 is 2.32 bits per heavy atom. The largest absolute Gasteiger partial charge is 0.481 e. The fourth-order valence-corrected chi connectivity index (χ4v) is 2.79. The first-order chi connectivity index (χ1) is 9.08. The molecule has 5 nitrogen and oxygen atoms in total. The summed E-state index contributed by atoms with van der Waals surface area (Å²) in [5, 5.41) is 12.4. The number of carboxylic acids is 1. The SMILES string of the molecule is Cc1nc2c(C3CC(C(=O)O)CN3)cccc2n1C. The normalized spacial score (nSPS) is 23.1. The molecule has 1 aromatic heterocycles. The third-order valence-corrected chi connectivity index (χ3v) is 4.02. The number of hydrogen-bond acceptors (Lipinski definition) is 3. The predicted octanol–water partition coefficient (Wildman–Crippen LogP) is 1.62. The van der Waals surface area contributed by atoms with Gasteiger partial charge in [0.15, 0.2) is 0 Å². The van der Waals surface area contributed by atoms with Crippen LogP contribution in [0.1, 0.15) is 23.9 Å². The Balaban J connectivity index is 2.02. The van der Waals surface area contributed by atoms with Crippen LogP contribution in [0.5, 0.6) is 0 Å². The van der Waals surface area contributed by atoms with Gasteiger partial charge in [0.2, 0.25) is 0 Å². The fraction of sp³-hybridized carbons (Fsp3) is 0.429. The molecule has 2 heterocycles. The van der Waals surface area contributed by atoms with Crippen molar-refractivity contribution >= 4 is 17.0 Å². The van der Waals surface area contributed by atoms with Gasteiger partial charge in [-0.1, -0.05) is 12.1 Å². The monoisotopic (exact) mass is 259 g/mol. The summed E-state index contributed by atoms with van der Waals surface area (Å²) in [4.78, 5) is 15.6. The van der Waals surface area contributed by atoms with Gasteiger partial charge >= 0.3 is 5.97 Å². The van der Waals surface area contributed by atoms with Crippen molar-refractivity contribution in [1.29, 1.82) is 0 Å². The van der Waals surface area contributed by atoms with Crippen LogP contribution in [0.4, 0.5) is 0 Å². The molecule has 5 heteroatoms. The Hall–Kier alpha value is -1.88. The van der Waals surface area contributed by atoms with Crippen molar-refractivity contribution in [3.05, 3.63) is 29.6 Å². The van der Waals surface area contributed by atoms with Crippen LogP contribution in [0, 0.1) is 12.8 Å². The molecule has 2 atom stereocenters. The molecular formula is C14H17N3O2. The lowest BCUT2D eigenvalue weighted by Crippen LogP contribution is -2.17. The summed E-state index contributed by atoms with van der Waals surface area (Å²) < 4.78 is 2.06. The standard InChI is InChI=1S/C14H17N3O2/c1-8-16-13-10(4-3-5-12(13)17(8)2)11-6-9(7-15-11)14(18)19/h3-5,9,11,15H,6-7H2,1-2H3,(H,18,19). The molecular weight excluding hydrogens is 242 g/mol. The topological polar surface area (TPSA) is 67.2 Å². The Morgan fingerprint density at radius 1 is 1.53 bits per heavy atom. The van der Waals surface area contributed by atoms with Crippen LogP contribution in [-0.2, 0) is 11.8 Å². The number of carboxylic acid groups (broad SMARTS) is 1. The van der Waals surface area contributed by atoms with E-state index in [1.165, 1.54) is 0 Å². The highest BCUT2D eigenvalue weighted by molar-refractivity contribution is 5.80. The van der Waals surface area contributed by atoms with E-state index in [4.69, 9.17) is 5.11 Å². The van der Waals surface area contributed by atoms with Crippen LogP contribution >= 0.6 is 0 Å². The number of imidazole rings is 1. The van der Waals surface area contributed by atoms with E-state index in [0.29, 0.717) is 13.0 Å². The third kappa shape index (κ3) is 1.90. The van der Waals surface area contributed by atoms with Gasteiger partial charge in [0, 0.05) is 19.6 Å². The van der Waals surface area contributed by atoms with E-state index >= 15 is 0 Å². The van der Waals surface area contributed by atoms with E-state index in [-0.39, 0.29) is 12.0 Å². The molecule has 2 N–H and O–H groups in total. The minimum Gasteiger partial charge on any atom is -0.481 e. The van der Waals surface area contributed by atoms with E-state index in [1.807, 2.05) is 32.2 Å². The number of benzene rings is 1. The second-order valence-electron chi connectivity index (χ2n) is 5.16. The Labute approximate surface area is 111 Å². The maximum absolute atomic E-state index is 11.0. The molecule has 1 aliphatic rings. The molecule has 2 aromatic rings. The fourth-order valence-electron chi connectivity index (χ4n) is 2.79. The molecule has 100 valence electrons. The van der Waals surface area contributed by atoms with Gasteiger partial charge in [-0.05, 0) is 25.0 Å². The summed E-state index contributed by atoms with van der Waals surface area (Å²) in [6, 6.07) is 6.17. The van der Waals surface area contributed by atoms with Crippen molar-refractivity contribution in [2.24, 2.45) is 13.0 Å². The van der Waals surface area contributed by atoms with Gasteiger partial charge in [-0.25, -0.2) is 4.98 Å². The molecule has 2 unspecified atom stereocenters. The van der Waals surface area contributed by atoms with Crippen molar-refractivity contribution in [1.82, 2.24) is 14.9 Å². The lowest BCUT2D eigenvalue weighted by Gasteiger charge is -2.11. The lowest BCUT2D eigenvalue weighted by atomic mass is 9.99. The van der Waals surface area contributed by atoms with Crippen molar-refractivity contribution in [3.8, 4) is 0 Å². The molecule has 1 aliphatic heterocycles. The summed E-state index contributed by atoms with van der Waals surface area (Å²) in [6.07, 6.45) is 0.629. The highest BCUT2D eigenvalue weighted by atomic mass is 16.4. The van der Waals surface area contributed by atoms with Crippen LogP contribution in [0.2, 0.25) is 0 Å². The number of carbonyl (C=O) groups is 1. The van der Waals surface area contributed by atoms with Gasteiger partial charge in [0.05, 0.1) is 17.0 Å². The molecule has 1 aromatic carbocycles. The third-order valence-electron chi connectivity index (χ3n) is 4.02. The number of fused-ring (bicyclic) bond motifs is 1. The molecule has 0 saturated carbocycles. The van der Waals surface area contributed by atoms with Crippen LogP contribution in [-0.4, -0.2) is 27.2 Å². The quantitative estimate of drug-likeness (QED) is 0.860. The average molecular weight is 259 g/mol. The second kappa shape index (κ2) is 4.35. The van der Waals surface area contributed by atoms with Crippen LogP contribution < -0.4 is 5.32 Å². The molecule has 3 rings (SSSR count). The van der Waals surface area contributed by atoms with E-state index in [1.54, 1.807) is 0 Å². The highest BCUT2D eigenvalue weighted by Crippen LogP contribution is 2.31. The number of aliphatic carboxylic acids is 1. The summed E-state index contributed by atoms with van der Waals surface area (Å²) in [7, 11) is 2.00. The van der Waals surface area contributed by atoms with Crippen molar-refractivity contribution < 1.29 is 9.90 Å². The summed E-state index contributed by atoms with van der Waals surface area (Å²) >= 11 is 0. The van der Waals surface area contributed by atoms with Crippen LogP contribution in [0.25, 0.3) is 11.0 Å². The van der Waals surface area contributed by atoms with Crippen LogP contribution in [0.15, 0.2) is 18.2 Å². The number of aromatic nitrogens is 2. The number of rotatable bonds is 2. The van der Waals surface area contributed by atoms with Gasteiger partial charge < -0.3 is 15.0 Å². The molecule has 0 bridgehead atoms. The first-order valence-corrected chi connectivity index (χ1v) is 6.46. The van der Waals surface area contributed by atoms with E-state index in [9.17, 15) is 4.79 Å². The number of nitrogens with one attached hydrogen (secondary N) is 1. The second-order valence-corrected chi connectivity index (χ2v) is 5.16. The molecule has 0 amide bonds. The molecule has 1 saturated heterocycles. The predicted molar refractivity (Wildman–Crippen MR) is 71.9 cm³/mol. The van der Waals surface area contributed by atoms with Gasteiger partial charge in [0.25, 0.3) is 0 Å². The van der Waals surface area contributed by atoms with Gasteiger partial charge in [-0.2, -0.15) is 0 Å². The molecule has 1 fully saturated rings. The molecule has 0 aliphatic carbocycles. The number of nitrogens with zero attached hydrogens (tertiary/aromatic N) is 2. The van der Waals surface area contributed by atoms with Gasteiger partial charge in [-0.3, -0.25) is 4.79 Å². The lowest BCUT2D eigenvalue weighted by molar-refractivity contribution is -0.141. The van der Waals surface area contributed by atoms with Gasteiger partial charge in [0.1, 0.15) is 5.82 Å². The van der Waals surface area contributed by atoms with Crippen LogP contribution in [0.3, 0.4) is 0 Å². The minimum atomic E-state index is -0.723. The zero-order chi connectivity index (χ0) is 13.6. The van der Waals surface area contributed by atoms with E-state index < -0.39 is 5.97 Å². The highest BCUT2D eigenvalue weighted by Gasteiger charge is 2.31. The summed E-state index contributed by atoms with van der Waals surface area (Å²) in [5.41, 5.74) is 3.17. The summed E-state index contributed by atoms with van der Waals surface area (Å²) in [5.74, 6) is -0.0559. The van der Waals surface area contributed by atoms with Crippen molar-refractivity contribution in [3.63, 3.8) is 0 Å². The maximum atomic E-state index is 11.0. The Bertz CT molecular complexity index is 647. The Kier molecular flexibility index (Phi) is 2.78. The zero-order valence-electron chi connectivity index (χ0n) is 11.1. The van der Waals surface area contributed by atoms with Crippen molar-refractivity contribution in [2.45, 2.75) is 19.4 Å². The van der Waals surface area contributed by atoms with E-state index in [2.05, 4.69) is 14.9 Å². The number of aryl methyl sites for hydroxylation is 2. The number of para-hydroxylation sites is 1. The Morgan fingerprint density at radius 3 is 3.00 bits per heavy atom. The minimum absolute atomic E-state index is 0.0825. The first-order valence-electron chi connectivity index (χ1n) is 6.46. The summed E-state index contributed by atoms with van der Waals surface area (Å²) in [6.45, 7) is 2.51. The number of hydrogen-bond donors (Lipinski definition) is 2. The van der Waals surface area contributed by atoms with Gasteiger partial charge in [-0.15, -0.1) is 0 Å². The van der Waals surface area contributed by atoms with Crippen molar-refractivity contribution in [2.75, 3.05) is 6.54 Å². The molecule has 19 heavy (non-hydrogen) atoms. The maximum Gasteiger partial charge on any atom is 0.307 e. The van der Waals surface area contributed by atoms with E-state index in [0.717, 1.165) is 22.4 Å². The first kappa shape index (κ1) is 12.2. The smallest absolute Gasteiger partial charge is 0.307 e.